The summed E-state index contributed by atoms with van der Waals surface area (Å²) in [6.07, 6.45) is 3.71. The summed E-state index contributed by atoms with van der Waals surface area (Å²) in [5.74, 6) is 1.61. The van der Waals surface area contributed by atoms with Crippen LogP contribution >= 0.6 is 11.3 Å². The van der Waals surface area contributed by atoms with Gasteiger partial charge in [0.1, 0.15) is 0 Å². The van der Waals surface area contributed by atoms with Gasteiger partial charge in [-0.1, -0.05) is 43.7 Å². The number of aromatic nitrogens is 1. The zero-order valence-electron chi connectivity index (χ0n) is 12.0. The smallest absolute Gasteiger partial charge is 0.0935 e. The Morgan fingerprint density at radius 2 is 2.10 bits per heavy atom. The summed E-state index contributed by atoms with van der Waals surface area (Å²) < 4.78 is 0. The third-order valence-electron chi connectivity index (χ3n) is 4.35. The summed E-state index contributed by atoms with van der Waals surface area (Å²) in [6.45, 7) is 4.65. The second kappa shape index (κ2) is 6.51. The highest BCUT2D eigenvalue weighted by atomic mass is 32.1. The van der Waals surface area contributed by atoms with Gasteiger partial charge in [0, 0.05) is 17.4 Å². The molecule has 0 spiro atoms. The molecule has 1 fully saturated rings. The first-order valence-corrected chi connectivity index (χ1v) is 8.45. The lowest BCUT2D eigenvalue weighted by Crippen LogP contribution is -2.37. The zero-order valence-corrected chi connectivity index (χ0v) is 12.8. The standard InChI is InChI=1S/C17H22N2S/c1-2-13-11-18-9-8-15(13)10-17-19-16(12-20-17)14-6-4-3-5-7-14/h3-7,12-13,15,18H,2,8-11H2,1H3. The molecular weight excluding hydrogens is 264 g/mol. The van der Waals surface area contributed by atoms with Crippen LogP contribution in [-0.4, -0.2) is 18.1 Å². The largest absolute Gasteiger partial charge is 0.316 e. The molecule has 1 aromatic carbocycles. The van der Waals surface area contributed by atoms with Crippen molar-refractivity contribution in [2.75, 3.05) is 13.1 Å². The van der Waals surface area contributed by atoms with E-state index in [4.69, 9.17) is 4.98 Å². The summed E-state index contributed by atoms with van der Waals surface area (Å²) >= 11 is 1.82. The van der Waals surface area contributed by atoms with E-state index in [-0.39, 0.29) is 0 Å². The van der Waals surface area contributed by atoms with E-state index < -0.39 is 0 Å². The van der Waals surface area contributed by atoms with Gasteiger partial charge in [0.25, 0.3) is 0 Å². The van der Waals surface area contributed by atoms with Crippen LogP contribution in [-0.2, 0) is 6.42 Å². The molecule has 3 heteroatoms. The molecule has 106 valence electrons. The van der Waals surface area contributed by atoms with Gasteiger partial charge in [-0.15, -0.1) is 11.3 Å². The van der Waals surface area contributed by atoms with Crippen LogP contribution in [0.15, 0.2) is 35.7 Å². The van der Waals surface area contributed by atoms with Gasteiger partial charge in [0.15, 0.2) is 0 Å². The van der Waals surface area contributed by atoms with Crippen molar-refractivity contribution in [3.05, 3.63) is 40.7 Å². The molecule has 2 atom stereocenters. The fraction of sp³-hybridized carbons (Fsp3) is 0.471. The van der Waals surface area contributed by atoms with Crippen LogP contribution in [0.4, 0.5) is 0 Å². The number of hydrogen-bond acceptors (Lipinski definition) is 3. The van der Waals surface area contributed by atoms with Gasteiger partial charge in [-0.05, 0) is 31.3 Å². The van der Waals surface area contributed by atoms with Crippen LogP contribution in [0.3, 0.4) is 0 Å². The Morgan fingerprint density at radius 3 is 2.90 bits per heavy atom. The summed E-state index contributed by atoms with van der Waals surface area (Å²) in [7, 11) is 0. The maximum atomic E-state index is 4.84. The van der Waals surface area contributed by atoms with Crippen molar-refractivity contribution in [2.24, 2.45) is 11.8 Å². The van der Waals surface area contributed by atoms with Gasteiger partial charge in [-0.25, -0.2) is 4.98 Å². The molecule has 2 unspecified atom stereocenters. The molecule has 0 aliphatic carbocycles. The van der Waals surface area contributed by atoms with Gasteiger partial charge >= 0.3 is 0 Å². The molecule has 1 aliphatic heterocycles. The van der Waals surface area contributed by atoms with Gasteiger partial charge in [-0.3, -0.25) is 0 Å². The van der Waals surface area contributed by atoms with Crippen molar-refractivity contribution in [2.45, 2.75) is 26.2 Å². The van der Waals surface area contributed by atoms with Crippen molar-refractivity contribution >= 4 is 11.3 Å². The number of piperidine rings is 1. The van der Waals surface area contributed by atoms with Crippen molar-refractivity contribution in [1.29, 1.82) is 0 Å². The maximum absolute atomic E-state index is 4.84. The Labute approximate surface area is 125 Å². The van der Waals surface area contributed by atoms with Crippen LogP contribution in [0, 0.1) is 11.8 Å². The molecular formula is C17H22N2S. The van der Waals surface area contributed by atoms with Gasteiger partial charge in [0.05, 0.1) is 10.7 Å². The predicted molar refractivity (Wildman–Crippen MR) is 86.0 cm³/mol. The molecule has 1 aromatic heterocycles. The van der Waals surface area contributed by atoms with E-state index in [0.29, 0.717) is 0 Å². The van der Waals surface area contributed by atoms with E-state index in [0.717, 1.165) is 30.5 Å². The van der Waals surface area contributed by atoms with Crippen LogP contribution < -0.4 is 5.32 Å². The zero-order chi connectivity index (χ0) is 13.8. The predicted octanol–water partition coefficient (Wildman–Crippen LogP) is 3.99. The molecule has 0 saturated carbocycles. The normalized spacial score (nSPS) is 22.9. The highest BCUT2D eigenvalue weighted by Crippen LogP contribution is 2.29. The molecule has 2 heterocycles. The minimum atomic E-state index is 0.802. The van der Waals surface area contributed by atoms with Crippen molar-refractivity contribution < 1.29 is 0 Å². The minimum Gasteiger partial charge on any atom is -0.316 e. The van der Waals surface area contributed by atoms with Crippen molar-refractivity contribution in [1.82, 2.24) is 10.3 Å². The molecule has 2 nitrogen and oxygen atoms in total. The van der Waals surface area contributed by atoms with E-state index in [1.807, 2.05) is 11.3 Å². The molecule has 20 heavy (non-hydrogen) atoms. The molecule has 2 aromatic rings. The number of rotatable bonds is 4. The second-order valence-corrected chi connectivity index (χ2v) is 6.56. The summed E-state index contributed by atoms with van der Waals surface area (Å²) in [4.78, 5) is 4.84. The highest BCUT2D eigenvalue weighted by molar-refractivity contribution is 7.09. The molecule has 3 rings (SSSR count). The monoisotopic (exact) mass is 286 g/mol. The second-order valence-electron chi connectivity index (χ2n) is 5.62. The van der Waals surface area contributed by atoms with Crippen molar-refractivity contribution in [3.63, 3.8) is 0 Å². The minimum absolute atomic E-state index is 0.802. The van der Waals surface area contributed by atoms with Crippen LogP contribution in [0.1, 0.15) is 24.8 Å². The Balaban J connectivity index is 1.71. The van der Waals surface area contributed by atoms with Crippen molar-refractivity contribution in [3.8, 4) is 11.3 Å². The lowest BCUT2D eigenvalue weighted by Gasteiger charge is -2.30. The third-order valence-corrected chi connectivity index (χ3v) is 5.22. The Kier molecular flexibility index (Phi) is 4.48. The van der Waals surface area contributed by atoms with Crippen LogP contribution in [0.25, 0.3) is 11.3 Å². The average Bonchev–Trinajstić information content (AvgIpc) is 2.97. The molecule has 0 radical (unpaired) electrons. The summed E-state index contributed by atoms with van der Waals surface area (Å²) in [6, 6.07) is 10.5. The van der Waals surface area contributed by atoms with Crippen LogP contribution in [0.2, 0.25) is 0 Å². The summed E-state index contributed by atoms with van der Waals surface area (Å²) in [5, 5.41) is 7.02. The Hall–Kier alpha value is -1.19. The van der Waals surface area contributed by atoms with Crippen LogP contribution in [0.5, 0.6) is 0 Å². The topological polar surface area (TPSA) is 24.9 Å². The molecule has 0 bridgehead atoms. The first-order chi connectivity index (χ1) is 9.86. The summed E-state index contributed by atoms with van der Waals surface area (Å²) in [5.41, 5.74) is 2.36. The van der Waals surface area contributed by atoms with Gasteiger partial charge in [0.2, 0.25) is 0 Å². The van der Waals surface area contributed by atoms with Gasteiger partial charge in [-0.2, -0.15) is 0 Å². The van der Waals surface area contributed by atoms with Gasteiger partial charge < -0.3 is 5.32 Å². The molecule has 0 amide bonds. The quantitative estimate of drug-likeness (QED) is 0.919. The fourth-order valence-corrected chi connectivity index (χ4v) is 3.99. The first kappa shape index (κ1) is 13.8. The SMILES string of the molecule is CCC1CNCCC1Cc1nc(-c2ccccc2)cs1. The van der Waals surface area contributed by atoms with E-state index in [1.165, 1.54) is 30.0 Å². The lowest BCUT2D eigenvalue weighted by atomic mass is 9.82. The third kappa shape index (κ3) is 3.10. The number of thiazole rings is 1. The van der Waals surface area contributed by atoms with E-state index in [2.05, 4.69) is 48.0 Å². The highest BCUT2D eigenvalue weighted by Gasteiger charge is 2.24. The van der Waals surface area contributed by atoms with E-state index in [9.17, 15) is 0 Å². The molecule has 1 N–H and O–H groups in total. The first-order valence-electron chi connectivity index (χ1n) is 7.57. The number of nitrogens with one attached hydrogen (secondary N) is 1. The Morgan fingerprint density at radius 1 is 1.25 bits per heavy atom. The number of benzene rings is 1. The molecule has 1 saturated heterocycles. The fourth-order valence-electron chi connectivity index (χ4n) is 3.09. The lowest BCUT2D eigenvalue weighted by molar-refractivity contribution is 0.246. The maximum Gasteiger partial charge on any atom is 0.0935 e. The van der Waals surface area contributed by atoms with E-state index in [1.54, 1.807) is 0 Å². The number of hydrogen-bond donors (Lipinski definition) is 1. The number of nitrogens with zero attached hydrogens (tertiary/aromatic N) is 1. The van der Waals surface area contributed by atoms with E-state index >= 15 is 0 Å². The average molecular weight is 286 g/mol. The Bertz CT molecular complexity index is 535. The molecule has 1 aliphatic rings.